The highest BCUT2D eigenvalue weighted by Gasteiger charge is 2.32. The third-order valence-corrected chi connectivity index (χ3v) is 5.94. The second-order valence-corrected chi connectivity index (χ2v) is 7.37. The van der Waals surface area contributed by atoms with Gasteiger partial charge in [-0.05, 0) is 44.2 Å². The van der Waals surface area contributed by atoms with Crippen LogP contribution in [0.1, 0.15) is 54.3 Å². The van der Waals surface area contributed by atoms with Crippen molar-refractivity contribution in [3.05, 3.63) is 10.4 Å². The Labute approximate surface area is 130 Å². The van der Waals surface area contributed by atoms with Crippen molar-refractivity contribution in [1.82, 2.24) is 4.90 Å². The maximum Gasteiger partial charge on any atom is 0.171 e. The number of ketones is 1. The summed E-state index contributed by atoms with van der Waals surface area (Å²) >= 11 is 1.55. The van der Waals surface area contributed by atoms with E-state index in [0.29, 0.717) is 11.8 Å². The lowest BCUT2D eigenvalue weighted by Gasteiger charge is -2.14. The van der Waals surface area contributed by atoms with E-state index in [0.717, 1.165) is 28.7 Å². The Morgan fingerprint density at radius 3 is 2.76 bits per heavy atom. The van der Waals surface area contributed by atoms with E-state index in [2.05, 4.69) is 17.1 Å². The zero-order chi connectivity index (χ0) is 15.0. The number of nitrogens with two attached hydrogens (primary N) is 1. The van der Waals surface area contributed by atoms with Crippen molar-refractivity contribution in [3.63, 3.8) is 0 Å². The molecule has 2 heterocycles. The lowest BCUT2D eigenvalue weighted by molar-refractivity contribution is 0.102. The Hall–Kier alpha value is -1.07. The summed E-state index contributed by atoms with van der Waals surface area (Å²) in [5, 5.41) is 4.75. The molecule has 3 N–H and O–H groups in total. The summed E-state index contributed by atoms with van der Waals surface area (Å²) in [6, 6.07) is 0. The summed E-state index contributed by atoms with van der Waals surface area (Å²) in [4.78, 5) is 14.9. The summed E-state index contributed by atoms with van der Waals surface area (Å²) < 4.78 is 0. The summed E-state index contributed by atoms with van der Waals surface area (Å²) in [7, 11) is 0. The number of nitrogens with zero attached hydrogens (tertiary/aromatic N) is 1. The molecular formula is C16H25N3OS. The largest absolute Gasteiger partial charge is 0.397 e. The Bertz CT molecular complexity index is 536. The topological polar surface area (TPSA) is 58.4 Å². The number of carbonyl (C=O) groups is 1. The van der Waals surface area contributed by atoms with Gasteiger partial charge in [-0.15, -0.1) is 11.3 Å². The molecule has 2 aliphatic rings. The Morgan fingerprint density at radius 1 is 1.43 bits per heavy atom. The molecule has 2 fully saturated rings. The van der Waals surface area contributed by atoms with E-state index in [1.54, 1.807) is 18.3 Å². The SMILES string of the molecule is CCN1CCC(CNc2sc(C(C)=O)c(N)c2C2CC2)C1. The summed E-state index contributed by atoms with van der Waals surface area (Å²) in [5.74, 6) is 1.37. The van der Waals surface area contributed by atoms with Gasteiger partial charge in [0.2, 0.25) is 0 Å². The summed E-state index contributed by atoms with van der Waals surface area (Å²) in [6.45, 7) is 8.36. The molecule has 4 nitrogen and oxygen atoms in total. The molecule has 116 valence electrons. The average molecular weight is 307 g/mol. The van der Waals surface area contributed by atoms with Gasteiger partial charge in [-0.1, -0.05) is 6.92 Å². The fourth-order valence-electron chi connectivity index (χ4n) is 3.23. The van der Waals surface area contributed by atoms with Gasteiger partial charge in [-0.25, -0.2) is 0 Å². The van der Waals surface area contributed by atoms with Crippen LogP contribution >= 0.6 is 11.3 Å². The second kappa shape index (κ2) is 5.97. The number of anilines is 2. The van der Waals surface area contributed by atoms with Crippen molar-refractivity contribution in [2.75, 3.05) is 37.2 Å². The molecule has 0 amide bonds. The van der Waals surface area contributed by atoms with Crippen LogP contribution in [-0.2, 0) is 0 Å². The molecule has 1 aliphatic carbocycles. The van der Waals surface area contributed by atoms with Crippen molar-refractivity contribution in [1.29, 1.82) is 0 Å². The van der Waals surface area contributed by atoms with E-state index < -0.39 is 0 Å². The van der Waals surface area contributed by atoms with Crippen LogP contribution in [0.3, 0.4) is 0 Å². The Balaban J connectivity index is 1.70. The van der Waals surface area contributed by atoms with Crippen LogP contribution in [0.15, 0.2) is 0 Å². The predicted molar refractivity (Wildman–Crippen MR) is 89.4 cm³/mol. The molecule has 21 heavy (non-hydrogen) atoms. The smallest absolute Gasteiger partial charge is 0.171 e. The van der Waals surface area contributed by atoms with Crippen molar-refractivity contribution in [2.24, 2.45) is 5.92 Å². The molecule has 1 atom stereocenters. The zero-order valence-corrected chi connectivity index (χ0v) is 13.8. The maximum absolute atomic E-state index is 11.7. The fraction of sp³-hybridized carbons (Fsp3) is 0.688. The van der Waals surface area contributed by atoms with Crippen molar-refractivity contribution in [2.45, 2.75) is 39.0 Å². The number of likely N-dealkylation sites (tertiary alicyclic amines) is 1. The monoisotopic (exact) mass is 307 g/mol. The molecule has 0 radical (unpaired) electrons. The van der Waals surface area contributed by atoms with Gasteiger partial charge in [0.25, 0.3) is 0 Å². The molecule has 0 spiro atoms. The molecule has 1 unspecified atom stereocenters. The van der Waals surface area contributed by atoms with Crippen LogP contribution in [0.4, 0.5) is 10.7 Å². The first-order chi connectivity index (χ1) is 10.1. The molecule has 0 aromatic carbocycles. The van der Waals surface area contributed by atoms with Crippen molar-refractivity contribution in [3.8, 4) is 0 Å². The van der Waals surface area contributed by atoms with Crippen molar-refractivity contribution >= 4 is 27.8 Å². The molecule has 1 saturated carbocycles. The minimum Gasteiger partial charge on any atom is -0.397 e. The minimum absolute atomic E-state index is 0.0884. The van der Waals surface area contributed by atoms with E-state index in [1.165, 1.54) is 37.9 Å². The molecule has 1 aromatic heterocycles. The quantitative estimate of drug-likeness (QED) is 0.793. The highest BCUT2D eigenvalue weighted by molar-refractivity contribution is 7.18. The normalized spacial score (nSPS) is 22.7. The molecular weight excluding hydrogens is 282 g/mol. The summed E-state index contributed by atoms with van der Waals surface area (Å²) in [6.07, 6.45) is 3.68. The number of hydrogen-bond donors (Lipinski definition) is 2. The number of nitrogens with one attached hydrogen (secondary N) is 1. The zero-order valence-electron chi connectivity index (χ0n) is 12.9. The Morgan fingerprint density at radius 2 is 2.19 bits per heavy atom. The third-order valence-electron chi connectivity index (χ3n) is 4.66. The van der Waals surface area contributed by atoms with Gasteiger partial charge in [0.05, 0.1) is 15.6 Å². The van der Waals surface area contributed by atoms with Crippen LogP contribution in [0.5, 0.6) is 0 Å². The molecule has 3 rings (SSSR count). The fourth-order valence-corrected chi connectivity index (χ4v) is 4.34. The lowest BCUT2D eigenvalue weighted by Crippen LogP contribution is -2.22. The number of nitrogen functional groups attached to an aromatic ring is 1. The standard InChI is InChI=1S/C16H25N3OS/c1-3-19-7-6-11(9-19)8-18-16-13(12-4-5-12)14(17)15(21-16)10(2)20/h11-12,18H,3-9,17H2,1-2H3. The van der Waals surface area contributed by atoms with E-state index in [1.807, 2.05) is 0 Å². The molecule has 1 aliphatic heterocycles. The van der Waals surface area contributed by atoms with Crippen LogP contribution in [0.25, 0.3) is 0 Å². The lowest BCUT2D eigenvalue weighted by atomic mass is 10.1. The number of hydrogen-bond acceptors (Lipinski definition) is 5. The van der Waals surface area contributed by atoms with Gasteiger partial charge in [-0.2, -0.15) is 0 Å². The number of rotatable bonds is 6. The highest BCUT2D eigenvalue weighted by Crippen LogP contribution is 2.50. The average Bonchev–Trinajstić information content (AvgIpc) is 3.08. The molecule has 1 saturated heterocycles. The van der Waals surface area contributed by atoms with Crippen LogP contribution in [0.2, 0.25) is 0 Å². The number of thiophene rings is 1. The first kappa shape index (κ1) is 14.9. The second-order valence-electron chi connectivity index (χ2n) is 6.35. The number of Topliss-reactive ketones (excluding diaryl/α,β-unsaturated/α-hetero) is 1. The summed E-state index contributed by atoms with van der Waals surface area (Å²) in [5.41, 5.74) is 8.17. The van der Waals surface area contributed by atoms with E-state index in [4.69, 9.17) is 5.73 Å². The first-order valence-electron chi connectivity index (χ1n) is 7.99. The van der Waals surface area contributed by atoms with Crippen LogP contribution in [0, 0.1) is 5.92 Å². The van der Waals surface area contributed by atoms with Gasteiger partial charge >= 0.3 is 0 Å². The van der Waals surface area contributed by atoms with Gasteiger partial charge in [0.15, 0.2) is 5.78 Å². The van der Waals surface area contributed by atoms with E-state index >= 15 is 0 Å². The number of carbonyl (C=O) groups excluding carboxylic acids is 1. The molecule has 1 aromatic rings. The van der Waals surface area contributed by atoms with Gasteiger partial charge in [0, 0.05) is 25.6 Å². The Kier molecular flexibility index (Phi) is 4.22. The first-order valence-corrected chi connectivity index (χ1v) is 8.81. The van der Waals surface area contributed by atoms with Crippen molar-refractivity contribution < 1.29 is 4.79 Å². The van der Waals surface area contributed by atoms with Gasteiger partial charge in [0.1, 0.15) is 0 Å². The van der Waals surface area contributed by atoms with Gasteiger partial charge < -0.3 is 16.0 Å². The van der Waals surface area contributed by atoms with Crippen LogP contribution in [-0.4, -0.2) is 36.9 Å². The van der Waals surface area contributed by atoms with Gasteiger partial charge in [-0.3, -0.25) is 4.79 Å². The predicted octanol–water partition coefficient (Wildman–Crippen LogP) is 3.16. The molecule has 5 heteroatoms. The highest BCUT2D eigenvalue weighted by atomic mass is 32.1. The van der Waals surface area contributed by atoms with E-state index in [9.17, 15) is 4.79 Å². The maximum atomic E-state index is 11.7. The van der Waals surface area contributed by atoms with E-state index in [-0.39, 0.29) is 5.78 Å². The third kappa shape index (κ3) is 3.09. The molecule has 0 bridgehead atoms. The van der Waals surface area contributed by atoms with Crippen LogP contribution < -0.4 is 11.1 Å². The minimum atomic E-state index is 0.0884.